The third-order valence-electron chi connectivity index (χ3n) is 2.45. The normalized spacial score (nSPS) is 10.2. The first-order valence-electron chi connectivity index (χ1n) is 5.40. The van der Waals surface area contributed by atoms with E-state index in [0.717, 1.165) is 5.56 Å². The average Bonchev–Trinajstić information content (AvgIpc) is 2.87. The minimum Gasteiger partial charge on any atom is -0.493 e. The first kappa shape index (κ1) is 12.9. The number of aromatic carboxylic acids is 1. The Morgan fingerprint density at radius 3 is 2.58 bits per heavy atom. The van der Waals surface area contributed by atoms with Crippen LogP contribution in [0.2, 0.25) is 0 Å². The summed E-state index contributed by atoms with van der Waals surface area (Å²) in [5.74, 6) is -0.243. The number of nitrogens with zero attached hydrogens (tertiary/aromatic N) is 2. The molecule has 1 heterocycles. The zero-order valence-electron chi connectivity index (χ0n) is 10.4. The summed E-state index contributed by atoms with van der Waals surface area (Å²) in [6, 6.07) is 5.33. The van der Waals surface area contributed by atoms with Crippen LogP contribution in [0, 0.1) is 0 Å². The van der Waals surface area contributed by atoms with Crippen LogP contribution in [0.3, 0.4) is 0 Å². The van der Waals surface area contributed by atoms with Crippen LogP contribution in [0.15, 0.2) is 22.6 Å². The molecule has 0 aliphatic heterocycles. The number of aromatic nitrogens is 2. The molecule has 0 amide bonds. The molecule has 1 aromatic heterocycles. The van der Waals surface area contributed by atoms with Crippen molar-refractivity contribution in [3.8, 4) is 11.5 Å². The standard InChI is InChI=1S/C12H12N2O5/c1-17-8-4-3-7(5-9(8)18-2)6-10-13-14-11(19-10)12(15)16/h3-5H,6H2,1-2H3,(H,15,16). The van der Waals surface area contributed by atoms with E-state index < -0.39 is 11.9 Å². The Hall–Kier alpha value is -2.57. The zero-order valence-corrected chi connectivity index (χ0v) is 10.4. The van der Waals surface area contributed by atoms with E-state index in [0.29, 0.717) is 17.9 Å². The van der Waals surface area contributed by atoms with Crippen molar-refractivity contribution in [1.82, 2.24) is 10.2 Å². The van der Waals surface area contributed by atoms with Crippen molar-refractivity contribution in [1.29, 1.82) is 0 Å². The van der Waals surface area contributed by atoms with Gasteiger partial charge in [0.1, 0.15) is 0 Å². The van der Waals surface area contributed by atoms with Crippen LogP contribution in [-0.2, 0) is 6.42 Å². The van der Waals surface area contributed by atoms with Gasteiger partial charge < -0.3 is 19.0 Å². The summed E-state index contributed by atoms with van der Waals surface area (Å²) < 4.78 is 15.3. The highest BCUT2D eigenvalue weighted by atomic mass is 16.5. The van der Waals surface area contributed by atoms with Gasteiger partial charge in [-0.25, -0.2) is 4.79 Å². The van der Waals surface area contributed by atoms with Gasteiger partial charge in [-0.1, -0.05) is 6.07 Å². The Labute approximate surface area is 108 Å². The number of rotatable bonds is 5. The molecule has 0 saturated carbocycles. The zero-order chi connectivity index (χ0) is 13.8. The molecule has 1 N–H and O–H groups in total. The summed E-state index contributed by atoms with van der Waals surface area (Å²) in [6.07, 6.45) is 0.320. The summed E-state index contributed by atoms with van der Waals surface area (Å²) in [4.78, 5) is 10.6. The van der Waals surface area contributed by atoms with Gasteiger partial charge in [-0.15, -0.1) is 10.2 Å². The van der Waals surface area contributed by atoms with E-state index in [2.05, 4.69) is 10.2 Å². The Balaban J connectivity index is 2.20. The topological polar surface area (TPSA) is 94.7 Å². The largest absolute Gasteiger partial charge is 0.493 e. The Bertz CT molecular complexity index is 594. The molecule has 1 aromatic carbocycles. The van der Waals surface area contributed by atoms with E-state index >= 15 is 0 Å². The molecule has 7 heteroatoms. The predicted octanol–water partition coefficient (Wildman–Crippen LogP) is 1.38. The van der Waals surface area contributed by atoms with Gasteiger partial charge in [-0.05, 0) is 17.7 Å². The molecule has 7 nitrogen and oxygen atoms in total. The fourth-order valence-corrected chi connectivity index (χ4v) is 1.58. The number of methoxy groups -OCH3 is 2. The van der Waals surface area contributed by atoms with E-state index in [9.17, 15) is 4.79 Å². The van der Waals surface area contributed by atoms with Crippen molar-refractivity contribution < 1.29 is 23.8 Å². The second-order valence-electron chi connectivity index (χ2n) is 3.67. The van der Waals surface area contributed by atoms with Crippen LogP contribution in [0.4, 0.5) is 0 Å². The Kier molecular flexibility index (Phi) is 3.65. The fourth-order valence-electron chi connectivity index (χ4n) is 1.58. The van der Waals surface area contributed by atoms with Crippen LogP contribution < -0.4 is 9.47 Å². The third-order valence-corrected chi connectivity index (χ3v) is 2.45. The summed E-state index contributed by atoms with van der Waals surface area (Å²) in [6.45, 7) is 0. The summed E-state index contributed by atoms with van der Waals surface area (Å²) >= 11 is 0. The smallest absolute Gasteiger partial charge is 0.393 e. The predicted molar refractivity (Wildman–Crippen MR) is 63.6 cm³/mol. The lowest BCUT2D eigenvalue weighted by molar-refractivity contribution is 0.0651. The molecular weight excluding hydrogens is 252 g/mol. The molecule has 0 unspecified atom stereocenters. The Morgan fingerprint density at radius 2 is 2.00 bits per heavy atom. The highest BCUT2D eigenvalue weighted by molar-refractivity contribution is 5.81. The number of benzene rings is 1. The quantitative estimate of drug-likeness (QED) is 0.871. The van der Waals surface area contributed by atoms with Crippen LogP contribution in [0.5, 0.6) is 11.5 Å². The highest BCUT2D eigenvalue weighted by Crippen LogP contribution is 2.28. The van der Waals surface area contributed by atoms with Crippen LogP contribution in [0.25, 0.3) is 0 Å². The number of carboxylic acid groups (broad SMARTS) is 1. The average molecular weight is 264 g/mol. The first-order valence-corrected chi connectivity index (χ1v) is 5.40. The SMILES string of the molecule is COc1ccc(Cc2nnc(C(=O)O)o2)cc1OC. The van der Waals surface area contributed by atoms with Gasteiger partial charge >= 0.3 is 11.9 Å². The van der Waals surface area contributed by atoms with Crippen molar-refractivity contribution in [2.24, 2.45) is 0 Å². The minimum atomic E-state index is -1.24. The lowest BCUT2D eigenvalue weighted by Gasteiger charge is -2.08. The highest BCUT2D eigenvalue weighted by Gasteiger charge is 2.14. The molecule has 0 spiro atoms. The maximum absolute atomic E-state index is 10.6. The van der Waals surface area contributed by atoms with Crippen molar-refractivity contribution in [2.75, 3.05) is 14.2 Å². The van der Waals surface area contributed by atoms with Crippen LogP contribution in [-0.4, -0.2) is 35.5 Å². The van der Waals surface area contributed by atoms with Crippen molar-refractivity contribution in [2.45, 2.75) is 6.42 Å². The molecule has 0 aliphatic carbocycles. The van der Waals surface area contributed by atoms with E-state index in [1.165, 1.54) is 7.11 Å². The van der Waals surface area contributed by atoms with E-state index in [4.69, 9.17) is 19.0 Å². The minimum absolute atomic E-state index is 0.226. The maximum atomic E-state index is 10.6. The van der Waals surface area contributed by atoms with Crippen LogP contribution >= 0.6 is 0 Å². The molecule has 0 bridgehead atoms. The van der Waals surface area contributed by atoms with E-state index in [1.807, 2.05) is 6.07 Å². The molecule has 2 aromatic rings. The molecule has 0 atom stereocenters. The molecular formula is C12H12N2O5. The van der Waals surface area contributed by atoms with E-state index in [-0.39, 0.29) is 5.89 Å². The number of hydrogen-bond acceptors (Lipinski definition) is 6. The van der Waals surface area contributed by atoms with Gasteiger partial charge in [0.25, 0.3) is 0 Å². The molecule has 100 valence electrons. The number of carbonyl (C=O) groups is 1. The van der Waals surface area contributed by atoms with E-state index in [1.54, 1.807) is 19.2 Å². The van der Waals surface area contributed by atoms with Gasteiger partial charge in [-0.2, -0.15) is 0 Å². The van der Waals surface area contributed by atoms with Gasteiger partial charge in [0.05, 0.1) is 20.6 Å². The summed E-state index contributed by atoms with van der Waals surface area (Å²) in [5, 5.41) is 15.8. The molecule has 0 fully saturated rings. The molecule has 0 saturated heterocycles. The lowest BCUT2D eigenvalue weighted by Crippen LogP contribution is -1.95. The van der Waals surface area contributed by atoms with Crippen molar-refractivity contribution >= 4 is 5.97 Å². The second-order valence-corrected chi connectivity index (χ2v) is 3.67. The summed E-state index contributed by atoms with van der Waals surface area (Å²) in [7, 11) is 3.09. The first-order chi connectivity index (χ1) is 9.13. The van der Waals surface area contributed by atoms with Crippen molar-refractivity contribution in [3.63, 3.8) is 0 Å². The van der Waals surface area contributed by atoms with Crippen LogP contribution in [0.1, 0.15) is 22.1 Å². The number of hydrogen-bond donors (Lipinski definition) is 1. The lowest BCUT2D eigenvalue weighted by atomic mass is 10.1. The van der Waals surface area contributed by atoms with Crippen molar-refractivity contribution in [3.05, 3.63) is 35.5 Å². The molecule has 0 aliphatic rings. The molecule has 2 rings (SSSR count). The number of carboxylic acids is 1. The van der Waals surface area contributed by atoms with Gasteiger partial charge in [0.2, 0.25) is 5.89 Å². The summed E-state index contributed by atoms with van der Waals surface area (Å²) in [5.41, 5.74) is 0.846. The maximum Gasteiger partial charge on any atom is 0.393 e. The van der Waals surface area contributed by atoms with Gasteiger partial charge in [0, 0.05) is 0 Å². The van der Waals surface area contributed by atoms with Gasteiger partial charge in [0.15, 0.2) is 11.5 Å². The molecule has 19 heavy (non-hydrogen) atoms. The fraction of sp³-hybridized carbons (Fsp3) is 0.250. The number of ether oxygens (including phenoxy) is 2. The second kappa shape index (κ2) is 5.38. The van der Waals surface area contributed by atoms with Gasteiger partial charge in [-0.3, -0.25) is 0 Å². The third kappa shape index (κ3) is 2.82. The monoisotopic (exact) mass is 264 g/mol. The molecule has 0 radical (unpaired) electrons. The Morgan fingerprint density at radius 1 is 1.26 bits per heavy atom.